The summed E-state index contributed by atoms with van der Waals surface area (Å²) >= 11 is 3.29. The molecule has 2 heterocycles. The summed E-state index contributed by atoms with van der Waals surface area (Å²) in [4.78, 5) is 30.5. The van der Waals surface area contributed by atoms with Crippen LogP contribution in [0.3, 0.4) is 0 Å². The predicted octanol–water partition coefficient (Wildman–Crippen LogP) is 3.33. The molecule has 3 rings (SSSR count). The Balaban J connectivity index is 1.74. The van der Waals surface area contributed by atoms with Gasteiger partial charge in [-0.1, -0.05) is 6.07 Å². The fourth-order valence-electron chi connectivity index (χ4n) is 2.57. The Morgan fingerprint density at radius 2 is 1.87 bits per heavy atom. The fourth-order valence-corrected chi connectivity index (χ4v) is 2.94. The minimum atomic E-state index is -0.260. The van der Waals surface area contributed by atoms with Crippen LogP contribution in [-0.2, 0) is 0 Å². The van der Waals surface area contributed by atoms with Crippen molar-refractivity contribution in [2.24, 2.45) is 0 Å². The van der Waals surface area contributed by atoms with Gasteiger partial charge in [0.05, 0.1) is 5.56 Å². The molecule has 23 heavy (non-hydrogen) atoms. The van der Waals surface area contributed by atoms with E-state index in [0.717, 1.165) is 30.4 Å². The third-order valence-corrected chi connectivity index (χ3v) is 4.16. The highest BCUT2D eigenvalue weighted by Crippen LogP contribution is 2.17. The van der Waals surface area contributed by atoms with Crippen molar-refractivity contribution in [1.29, 1.82) is 0 Å². The quantitative estimate of drug-likeness (QED) is 0.897. The molecule has 5 nitrogen and oxygen atoms in total. The van der Waals surface area contributed by atoms with E-state index >= 15 is 0 Å². The Bertz CT molecular complexity index is 742. The van der Waals surface area contributed by atoms with Gasteiger partial charge < -0.3 is 10.2 Å². The minimum absolute atomic E-state index is 0.0164. The van der Waals surface area contributed by atoms with Gasteiger partial charge in [-0.25, -0.2) is 0 Å². The maximum absolute atomic E-state index is 12.4. The number of hydrogen-bond acceptors (Lipinski definition) is 3. The summed E-state index contributed by atoms with van der Waals surface area (Å²) < 4.78 is 0.739. The Kier molecular flexibility index (Phi) is 4.71. The van der Waals surface area contributed by atoms with Crippen LogP contribution in [0.5, 0.6) is 0 Å². The molecule has 0 aliphatic carbocycles. The number of nitrogens with zero attached hydrogens (tertiary/aromatic N) is 2. The lowest BCUT2D eigenvalue weighted by Gasteiger charge is -2.15. The Morgan fingerprint density at radius 1 is 1.09 bits per heavy atom. The number of halogens is 1. The molecular weight excluding hydrogens is 358 g/mol. The summed E-state index contributed by atoms with van der Waals surface area (Å²) in [6.45, 7) is 1.61. The number of rotatable bonds is 3. The third-order valence-electron chi connectivity index (χ3n) is 3.73. The number of likely N-dealkylation sites (tertiary alicyclic amines) is 1. The first kappa shape index (κ1) is 15.7. The third kappa shape index (κ3) is 3.76. The lowest BCUT2D eigenvalue weighted by atomic mass is 10.1. The lowest BCUT2D eigenvalue weighted by molar-refractivity contribution is 0.0792. The normalized spacial score (nSPS) is 13.9. The number of amides is 2. The number of pyridine rings is 1. The maximum Gasteiger partial charge on any atom is 0.257 e. The SMILES string of the molecule is O=C(Nc1cccc(C(=O)N2CCCC2)c1)c1cncc(Br)c1. The van der Waals surface area contributed by atoms with Crippen molar-refractivity contribution in [1.82, 2.24) is 9.88 Å². The van der Waals surface area contributed by atoms with E-state index in [1.807, 2.05) is 4.90 Å². The molecule has 1 aromatic carbocycles. The van der Waals surface area contributed by atoms with Crippen molar-refractivity contribution in [3.63, 3.8) is 0 Å². The lowest BCUT2D eigenvalue weighted by Crippen LogP contribution is -2.27. The largest absolute Gasteiger partial charge is 0.339 e. The zero-order chi connectivity index (χ0) is 16.2. The molecule has 6 heteroatoms. The molecule has 2 amide bonds. The first-order valence-electron chi connectivity index (χ1n) is 7.45. The number of hydrogen-bond donors (Lipinski definition) is 1. The van der Waals surface area contributed by atoms with Crippen LogP contribution in [0.4, 0.5) is 5.69 Å². The van der Waals surface area contributed by atoms with Gasteiger partial charge in [-0.05, 0) is 53.0 Å². The second-order valence-corrected chi connectivity index (χ2v) is 6.34. The summed E-state index contributed by atoms with van der Waals surface area (Å²) in [5.41, 5.74) is 1.65. The van der Waals surface area contributed by atoms with E-state index in [1.165, 1.54) is 6.20 Å². The zero-order valence-electron chi connectivity index (χ0n) is 12.5. The van der Waals surface area contributed by atoms with E-state index in [9.17, 15) is 9.59 Å². The van der Waals surface area contributed by atoms with Crippen molar-refractivity contribution in [2.45, 2.75) is 12.8 Å². The first-order valence-corrected chi connectivity index (χ1v) is 8.24. The molecule has 0 bridgehead atoms. The van der Waals surface area contributed by atoms with Gasteiger partial charge in [0, 0.05) is 41.2 Å². The predicted molar refractivity (Wildman–Crippen MR) is 91.5 cm³/mol. The van der Waals surface area contributed by atoms with E-state index in [2.05, 4.69) is 26.2 Å². The smallest absolute Gasteiger partial charge is 0.257 e. The standard InChI is InChI=1S/C17H16BrN3O2/c18-14-8-13(10-19-11-14)16(22)20-15-5-3-4-12(9-15)17(23)21-6-1-2-7-21/h3-5,8-11H,1-2,6-7H2,(H,20,22). The highest BCUT2D eigenvalue weighted by Gasteiger charge is 2.19. The van der Waals surface area contributed by atoms with Crippen molar-refractivity contribution in [3.8, 4) is 0 Å². The van der Waals surface area contributed by atoms with Crippen LogP contribution in [0, 0.1) is 0 Å². The Hall–Kier alpha value is -2.21. The molecule has 0 spiro atoms. The summed E-state index contributed by atoms with van der Waals surface area (Å²) in [5, 5.41) is 2.80. The Morgan fingerprint density at radius 3 is 2.61 bits per heavy atom. The molecule has 1 aliphatic heterocycles. The molecule has 1 aromatic heterocycles. The molecule has 0 saturated carbocycles. The van der Waals surface area contributed by atoms with E-state index < -0.39 is 0 Å². The number of anilines is 1. The molecule has 1 aliphatic rings. The molecule has 118 valence electrons. The molecule has 2 aromatic rings. The number of aromatic nitrogens is 1. The van der Waals surface area contributed by atoms with Gasteiger partial charge in [0.2, 0.25) is 0 Å². The highest BCUT2D eigenvalue weighted by molar-refractivity contribution is 9.10. The number of carbonyl (C=O) groups is 2. The second-order valence-electron chi connectivity index (χ2n) is 5.43. The van der Waals surface area contributed by atoms with Crippen molar-refractivity contribution in [3.05, 3.63) is 58.3 Å². The molecule has 1 saturated heterocycles. The molecule has 0 atom stereocenters. The fraction of sp³-hybridized carbons (Fsp3) is 0.235. The van der Waals surface area contributed by atoms with Gasteiger partial charge in [0.25, 0.3) is 11.8 Å². The van der Waals surface area contributed by atoms with Gasteiger partial charge in [0.15, 0.2) is 0 Å². The van der Waals surface area contributed by atoms with Gasteiger partial charge in [-0.2, -0.15) is 0 Å². The van der Waals surface area contributed by atoms with Crippen LogP contribution in [0.25, 0.3) is 0 Å². The molecule has 0 unspecified atom stereocenters. The van der Waals surface area contributed by atoms with Gasteiger partial charge in [-0.15, -0.1) is 0 Å². The van der Waals surface area contributed by atoms with Crippen LogP contribution in [0.2, 0.25) is 0 Å². The summed E-state index contributed by atoms with van der Waals surface area (Å²) in [6, 6.07) is 8.73. The minimum Gasteiger partial charge on any atom is -0.339 e. The highest BCUT2D eigenvalue weighted by atomic mass is 79.9. The van der Waals surface area contributed by atoms with Crippen LogP contribution < -0.4 is 5.32 Å². The van der Waals surface area contributed by atoms with Crippen molar-refractivity contribution < 1.29 is 9.59 Å². The maximum atomic E-state index is 12.4. The molecule has 0 radical (unpaired) electrons. The van der Waals surface area contributed by atoms with E-state index in [1.54, 1.807) is 36.5 Å². The van der Waals surface area contributed by atoms with Gasteiger partial charge in [-0.3, -0.25) is 14.6 Å². The molecule has 1 N–H and O–H groups in total. The number of benzene rings is 1. The average Bonchev–Trinajstić information content (AvgIpc) is 3.09. The monoisotopic (exact) mass is 373 g/mol. The second kappa shape index (κ2) is 6.91. The summed E-state index contributed by atoms with van der Waals surface area (Å²) in [5.74, 6) is -0.243. The van der Waals surface area contributed by atoms with Crippen LogP contribution in [0.15, 0.2) is 47.2 Å². The van der Waals surface area contributed by atoms with Crippen LogP contribution in [-0.4, -0.2) is 34.8 Å². The summed E-state index contributed by atoms with van der Waals surface area (Å²) in [7, 11) is 0. The van der Waals surface area contributed by atoms with E-state index in [0.29, 0.717) is 16.8 Å². The van der Waals surface area contributed by atoms with Crippen LogP contribution >= 0.6 is 15.9 Å². The Labute approximate surface area is 142 Å². The van der Waals surface area contributed by atoms with E-state index in [-0.39, 0.29) is 11.8 Å². The first-order chi connectivity index (χ1) is 11.1. The number of nitrogens with one attached hydrogen (secondary N) is 1. The van der Waals surface area contributed by atoms with E-state index in [4.69, 9.17) is 0 Å². The molecule has 1 fully saturated rings. The zero-order valence-corrected chi connectivity index (χ0v) is 14.0. The summed E-state index contributed by atoms with van der Waals surface area (Å²) in [6.07, 6.45) is 5.22. The van der Waals surface area contributed by atoms with Gasteiger partial charge >= 0.3 is 0 Å². The van der Waals surface area contributed by atoms with Crippen LogP contribution in [0.1, 0.15) is 33.6 Å². The van der Waals surface area contributed by atoms with Gasteiger partial charge in [0.1, 0.15) is 0 Å². The number of carbonyl (C=O) groups excluding carboxylic acids is 2. The topological polar surface area (TPSA) is 62.3 Å². The average molecular weight is 374 g/mol. The van der Waals surface area contributed by atoms with Crippen molar-refractivity contribution >= 4 is 33.4 Å². The van der Waals surface area contributed by atoms with Crippen molar-refractivity contribution in [2.75, 3.05) is 18.4 Å². The molecular formula is C17H16BrN3O2.